The van der Waals surface area contributed by atoms with E-state index < -0.39 is 0 Å². The predicted octanol–water partition coefficient (Wildman–Crippen LogP) is 3.89. The van der Waals surface area contributed by atoms with Crippen LogP contribution in [0.25, 0.3) is 10.9 Å². The number of rotatable bonds is 7. The largest absolute Gasteiger partial charge is 0.338 e. The smallest absolute Gasteiger partial charge is 0.262 e. The molecule has 1 amide bonds. The Balaban J connectivity index is 1.80. The molecule has 3 aromatic rings. The molecular formula is C22H23N3O2S. The Hall–Kier alpha value is -2.86. The summed E-state index contributed by atoms with van der Waals surface area (Å²) in [5.74, 6) is 0.184. The molecule has 0 spiro atoms. The maximum atomic E-state index is 12.8. The van der Waals surface area contributed by atoms with Gasteiger partial charge in [0.05, 0.1) is 22.7 Å². The molecule has 0 saturated heterocycles. The molecule has 28 heavy (non-hydrogen) atoms. The van der Waals surface area contributed by atoms with E-state index in [0.29, 0.717) is 22.6 Å². The highest BCUT2D eigenvalue weighted by atomic mass is 32.2. The second-order valence-electron chi connectivity index (χ2n) is 6.50. The van der Waals surface area contributed by atoms with E-state index in [1.54, 1.807) is 28.7 Å². The van der Waals surface area contributed by atoms with Gasteiger partial charge >= 0.3 is 0 Å². The lowest BCUT2D eigenvalue weighted by Crippen LogP contribution is -2.31. The Morgan fingerprint density at radius 1 is 1.21 bits per heavy atom. The number of para-hydroxylation sites is 1. The van der Waals surface area contributed by atoms with Crippen molar-refractivity contribution in [1.82, 2.24) is 14.5 Å². The number of thioether (sulfide) groups is 1. The third-order valence-electron chi connectivity index (χ3n) is 4.72. The van der Waals surface area contributed by atoms with Crippen molar-refractivity contribution >= 4 is 28.6 Å². The summed E-state index contributed by atoms with van der Waals surface area (Å²) in [5.41, 5.74) is 1.59. The standard InChI is InChI=1S/C22H23N3O2S/c1-4-14-25-21(27)18-12-8-9-13-19(18)23-22(25)28-15-20(26)24(3)16(2)17-10-6-5-7-11-17/h4-13,16H,1,14-15H2,2-3H3. The highest BCUT2D eigenvalue weighted by Gasteiger charge is 2.19. The van der Waals surface area contributed by atoms with Crippen LogP contribution >= 0.6 is 11.8 Å². The fourth-order valence-electron chi connectivity index (χ4n) is 2.95. The molecule has 144 valence electrons. The summed E-state index contributed by atoms with van der Waals surface area (Å²) < 4.78 is 1.56. The molecule has 6 heteroatoms. The Morgan fingerprint density at radius 3 is 2.61 bits per heavy atom. The lowest BCUT2D eigenvalue weighted by Gasteiger charge is -2.25. The van der Waals surface area contributed by atoms with Crippen LogP contribution in [-0.2, 0) is 11.3 Å². The maximum absolute atomic E-state index is 12.8. The number of aromatic nitrogens is 2. The highest BCUT2D eigenvalue weighted by molar-refractivity contribution is 7.99. The number of fused-ring (bicyclic) bond motifs is 1. The van der Waals surface area contributed by atoms with Crippen LogP contribution < -0.4 is 5.56 Å². The average Bonchev–Trinajstić information content (AvgIpc) is 2.74. The van der Waals surface area contributed by atoms with Gasteiger partial charge in [-0.05, 0) is 24.6 Å². The summed E-state index contributed by atoms with van der Waals surface area (Å²) in [6.45, 7) is 6.08. The fourth-order valence-corrected chi connectivity index (χ4v) is 3.88. The molecule has 0 radical (unpaired) electrons. The van der Waals surface area contributed by atoms with E-state index in [4.69, 9.17) is 0 Å². The number of allylic oxidation sites excluding steroid dienone is 1. The second kappa shape index (κ2) is 8.89. The first kappa shape index (κ1) is 19.9. The van der Waals surface area contributed by atoms with Crippen LogP contribution in [-0.4, -0.2) is 33.2 Å². The van der Waals surface area contributed by atoms with Crippen LogP contribution in [0.4, 0.5) is 0 Å². The van der Waals surface area contributed by atoms with Gasteiger partial charge in [-0.25, -0.2) is 4.98 Å². The molecule has 1 heterocycles. The zero-order chi connectivity index (χ0) is 20.1. The molecule has 5 nitrogen and oxygen atoms in total. The van der Waals surface area contributed by atoms with Gasteiger partial charge in [0.25, 0.3) is 5.56 Å². The lowest BCUT2D eigenvalue weighted by atomic mass is 10.1. The summed E-state index contributed by atoms with van der Waals surface area (Å²) >= 11 is 1.28. The molecule has 0 bridgehead atoms. The number of hydrogen-bond acceptors (Lipinski definition) is 4. The van der Waals surface area contributed by atoms with Crippen molar-refractivity contribution in [1.29, 1.82) is 0 Å². The van der Waals surface area contributed by atoms with Gasteiger partial charge in [-0.1, -0.05) is 60.3 Å². The molecule has 0 N–H and O–H groups in total. The van der Waals surface area contributed by atoms with Crippen molar-refractivity contribution in [3.63, 3.8) is 0 Å². The summed E-state index contributed by atoms with van der Waals surface area (Å²) in [5, 5.41) is 1.09. The van der Waals surface area contributed by atoms with E-state index in [1.807, 2.05) is 55.5 Å². The van der Waals surface area contributed by atoms with Gasteiger partial charge in [0, 0.05) is 13.6 Å². The predicted molar refractivity (Wildman–Crippen MR) is 115 cm³/mol. The first-order valence-electron chi connectivity index (χ1n) is 9.06. The van der Waals surface area contributed by atoms with Crippen LogP contribution in [0, 0.1) is 0 Å². The van der Waals surface area contributed by atoms with Crippen molar-refractivity contribution in [2.45, 2.75) is 24.7 Å². The monoisotopic (exact) mass is 393 g/mol. The van der Waals surface area contributed by atoms with Gasteiger partial charge < -0.3 is 4.90 Å². The van der Waals surface area contributed by atoms with Crippen LogP contribution in [0.2, 0.25) is 0 Å². The highest BCUT2D eigenvalue weighted by Crippen LogP contribution is 2.22. The van der Waals surface area contributed by atoms with E-state index in [9.17, 15) is 9.59 Å². The number of hydrogen-bond donors (Lipinski definition) is 0. The van der Waals surface area contributed by atoms with Gasteiger partial charge in [-0.2, -0.15) is 0 Å². The molecule has 0 saturated carbocycles. The minimum absolute atomic E-state index is 0.0195. The van der Waals surface area contributed by atoms with Gasteiger partial charge in [0.1, 0.15) is 0 Å². The summed E-state index contributed by atoms with van der Waals surface area (Å²) in [4.78, 5) is 31.8. The molecule has 0 aliphatic carbocycles. The molecule has 1 unspecified atom stereocenters. The van der Waals surface area contributed by atoms with Gasteiger partial charge in [-0.3, -0.25) is 14.2 Å². The lowest BCUT2D eigenvalue weighted by molar-refractivity contribution is -0.128. The van der Waals surface area contributed by atoms with Gasteiger partial charge in [0.2, 0.25) is 5.91 Å². The van der Waals surface area contributed by atoms with Crippen LogP contribution in [0.1, 0.15) is 18.5 Å². The van der Waals surface area contributed by atoms with Crippen molar-refractivity contribution < 1.29 is 4.79 Å². The Kier molecular flexibility index (Phi) is 6.31. The first-order chi connectivity index (χ1) is 13.5. The quantitative estimate of drug-likeness (QED) is 0.347. The molecule has 2 aromatic carbocycles. The molecule has 1 aromatic heterocycles. The fraction of sp³-hybridized carbons (Fsp3) is 0.227. The molecule has 1 atom stereocenters. The zero-order valence-electron chi connectivity index (χ0n) is 16.0. The number of carbonyl (C=O) groups excluding carboxylic acids is 1. The summed E-state index contributed by atoms with van der Waals surface area (Å²) in [6.07, 6.45) is 1.66. The maximum Gasteiger partial charge on any atom is 0.262 e. The Morgan fingerprint density at radius 2 is 1.89 bits per heavy atom. The second-order valence-corrected chi connectivity index (χ2v) is 7.44. The van der Waals surface area contributed by atoms with Crippen molar-refractivity contribution in [2.24, 2.45) is 0 Å². The third-order valence-corrected chi connectivity index (χ3v) is 5.68. The molecular weight excluding hydrogens is 370 g/mol. The van der Waals surface area contributed by atoms with E-state index in [0.717, 1.165) is 5.56 Å². The Labute approximate surface area is 168 Å². The number of amides is 1. The minimum Gasteiger partial charge on any atom is -0.338 e. The topological polar surface area (TPSA) is 55.2 Å². The first-order valence-corrected chi connectivity index (χ1v) is 10.1. The normalized spacial score (nSPS) is 11.9. The number of benzene rings is 2. The molecule has 3 rings (SSSR count). The third kappa shape index (κ3) is 4.17. The van der Waals surface area contributed by atoms with E-state index in [2.05, 4.69) is 11.6 Å². The number of carbonyl (C=O) groups is 1. The van der Waals surface area contributed by atoms with Crippen molar-refractivity contribution in [3.8, 4) is 0 Å². The van der Waals surface area contributed by atoms with Crippen molar-refractivity contribution in [2.75, 3.05) is 12.8 Å². The molecule has 0 aliphatic rings. The van der Waals surface area contributed by atoms with Gasteiger partial charge in [0.15, 0.2) is 5.16 Å². The molecule has 0 aliphatic heterocycles. The van der Waals surface area contributed by atoms with Crippen molar-refractivity contribution in [3.05, 3.63) is 83.2 Å². The SMILES string of the molecule is C=CCn1c(SCC(=O)N(C)C(C)c2ccccc2)nc2ccccc2c1=O. The number of nitrogens with zero attached hydrogens (tertiary/aromatic N) is 3. The summed E-state index contributed by atoms with van der Waals surface area (Å²) in [6, 6.07) is 17.1. The van der Waals surface area contributed by atoms with Crippen LogP contribution in [0.3, 0.4) is 0 Å². The van der Waals surface area contributed by atoms with E-state index in [-0.39, 0.29) is 23.3 Å². The molecule has 0 fully saturated rings. The van der Waals surface area contributed by atoms with E-state index >= 15 is 0 Å². The average molecular weight is 394 g/mol. The van der Waals surface area contributed by atoms with Crippen LogP contribution in [0.5, 0.6) is 0 Å². The zero-order valence-corrected chi connectivity index (χ0v) is 16.9. The van der Waals surface area contributed by atoms with E-state index in [1.165, 1.54) is 11.8 Å². The van der Waals surface area contributed by atoms with Gasteiger partial charge in [-0.15, -0.1) is 6.58 Å². The van der Waals surface area contributed by atoms with Crippen LogP contribution in [0.15, 0.2) is 77.2 Å². The summed E-state index contributed by atoms with van der Waals surface area (Å²) in [7, 11) is 1.80. The minimum atomic E-state index is -0.119. The Bertz CT molecular complexity index is 1050.